The largest absolute Gasteiger partial charge is 0.370 e. The van der Waals surface area contributed by atoms with E-state index in [4.69, 9.17) is 12.2 Å². The molecule has 1 heterocycles. The molecule has 168 valence electrons. The molecule has 31 heavy (non-hydrogen) atoms. The van der Waals surface area contributed by atoms with Gasteiger partial charge in [0.2, 0.25) is 10.0 Å². The molecule has 0 spiro atoms. The Labute approximate surface area is 191 Å². The van der Waals surface area contributed by atoms with Crippen LogP contribution in [0.5, 0.6) is 0 Å². The molecule has 0 bridgehead atoms. The number of para-hydroxylation sites is 1. The second-order valence-electron chi connectivity index (χ2n) is 7.81. The van der Waals surface area contributed by atoms with Crippen LogP contribution in [0.1, 0.15) is 37.8 Å². The summed E-state index contributed by atoms with van der Waals surface area (Å²) in [6, 6.07) is 11.4. The van der Waals surface area contributed by atoms with Crippen LogP contribution in [0.15, 0.2) is 41.3 Å². The van der Waals surface area contributed by atoms with Gasteiger partial charge in [0.25, 0.3) is 0 Å². The van der Waals surface area contributed by atoms with Crippen molar-refractivity contribution in [1.29, 1.82) is 0 Å². The van der Waals surface area contributed by atoms with Crippen LogP contribution < -0.4 is 15.5 Å². The van der Waals surface area contributed by atoms with E-state index in [0.717, 1.165) is 48.4 Å². The maximum atomic E-state index is 13.1. The van der Waals surface area contributed by atoms with Gasteiger partial charge in [-0.05, 0) is 68.2 Å². The van der Waals surface area contributed by atoms with E-state index in [1.54, 1.807) is 12.1 Å². The predicted molar refractivity (Wildman–Crippen MR) is 134 cm³/mol. The summed E-state index contributed by atoms with van der Waals surface area (Å²) < 4.78 is 27.6. The van der Waals surface area contributed by atoms with Gasteiger partial charge in [0.15, 0.2) is 5.11 Å². The van der Waals surface area contributed by atoms with Crippen LogP contribution in [0.3, 0.4) is 0 Å². The van der Waals surface area contributed by atoms with Gasteiger partial charge in [-0.1, -0.05) is 32.0 Å². The number of hydrogen-bond donors (Lipinski definition) is 2. The summed E-state index contributed by atoms with van der Waals surface area (Å²) in [6.45, 7) is 10.5. The molecular formula is C23H32N4O2S2. The normalized spacial score (nSPS) is 14.2. The predicted octanol–water partition coefficient (Wildman–Crippen LogP) is 4.74. The van der Waals surface area contributed by atoms with Crippen molar-refractivity contribution in [3.8, 4) is 0 Å². The van der Waals surface area contributed by atoms with Crippen LogP contribution in [0.2, 0.25) is 0 Å². The highest BCUT2D eigenvalue weighted by Gasteiger charge is 2.24. The number of nitrogens with zero attached hydrogens (tertiary/aromatic N) is 2. The number of rotatable bonds is 7. The minimum absolute atomic E-state index is 0.275. The summed E-state index contributed by atoms with van der Waals surface area (Å²) in [5.41, 5.74) is 4.85. The zero-order valence-corrected chi connectivity index (χ0v) is 20.4. The summed E-state index contributed by atoms with van der Waals surface area (Å²) in [6.07, 6.45) is 2.26. The molecule has 1 aliphatic heterocycles. The number of benzene rings is 2. The minimum atomic E-state index is -3.56. The summed E-state index contributed by atoms with van der Waals surface area (Å²) >= 11 is 5.60. The standard InChI is InChI=1S/C23H32N4O2S2/c1-5-27(6-2)31(28,29)19-12-13-21(26-14-7-8-15-26)20(16-19)24-23(30)25-22-17(3)10-9-11-18(22)4/h9-13,16H,5-8,14-15H2,1-4H3,(H2,24,25,30). The van der Waals surface area contributed by atoms with Crippen molar-refractivity contribution in [3.05, 3.63) is 47.5 Å². The van der Waals surface area contributed by atoms with Crippen LogP contribution in [0.25, 0.3) is 0 Å². The summed E-state index contributed by atoms with van der Waals surface area (Å²) in [5.74, 6) is 0. The maximum Gasteiger partial charge on any atom is 0.243 e. The summed E-state index contributed by atoms with van der Waals surface area (Å²) in [7, 11) is -3.56. The lowest BCUT2D eigenvalue weighted by Crippen LogP contribution is -2.31. The Morgan fingerprint density at radius 1 is 1.03 bits per heavy atom. The Morgan fingerprint density at radius 3 is 2.23 bits per heavy atom. The van der Waals surface area contributed by atoms with E-state index in [1.165, 1.54) is 4.31 Å². The topological polar surface area (TPSA) is 64.7 Å². The van der Waals surface area contributed by atoms with Gasteiger partial charge in [-0.25, -0.2) is 8.42 Å². The summed E-state index contributed by atoms with van der Waals surface area (Å²) in [4.78, 5) is 2.55. The third kappa shape index (κ3) is 5.19. The fourth-order valence-corrected chi connectivity index (χ4v) is 5.70. The second-order valence-corrected chi connectivity index (χ2v) is 10.2. The molecule has 0 amide bonds. The molecule has 1 fully saturated rings. The number of sulfonamides is 1. The molecule has 1 aliphatic rings. The van der Waals surface area contributed by atoms with Crippen LogP contribution in [0.4, 0.5) is 17.1 Å². The van der Waals surface area contributed by atoms with Gasteiger partial charge in [-0.3, -0.25) is 0 Å². The first-order valence-corrected chi connectivity index (χ1v) is 12.7. The van der Waals surface area contributed by atoms with Gasteiger partial charge in [0.05, 0.1) is 16.3 Å². The fourth-order valence-electron chi connectivity index (χ4n) is 4.00. The highest BCUT2D eigenvalue weighted by Crippen LogP contribution is 2.32. The average Bonchev–Trinajstić information content (AvgIpc) is 3.26. The Hall–Kier alpha value is -2.16. The molecule has 0 radical (unpaired) electrons. The van der Waals surface area contributed by atoms with E-state index in [-0.39, 0.29) is 4.90 Å². The van der Waals surface area contributed by atoms with Crippen LogP contribution in [-0.2, 0) is 10.0 Å². The Balaban J connectivity index is 1.95. The van der Waals surface area contributed by atoms with Crippen LogP contribution in [-0.4, -0.2) is 44.0 Å². The molecule has 8 heteroatoms. The van der Waals surface area contributed by atoms with Gasteiger partial charge in [0.1, 0.15) is 0 Å². The Kier molecular flexibility index (Phi) is 7.56. The molecule has 0 atom stereocenters. The van der Waals surface area contributed by atoms with E-state index >= 15 is 0 Å². The first-order valence-electron chi connectivity index (χ1n) is 10.8. The molecule has 2 aromatic carbocycles. The molecule has 2 aromatic rings. The quantitative estimate of drug-likeness (QED) is 0.582. The van der Waals surface area contributed by atoms with Crippen molar-refractivity contribution in [2.45, 2.75) is 45.4 Å². The number of aryl methyl sites for hydroxylation is 2. The number of nitrogens with one attached hydrogen (secondary N) is 2. The molecular weight excluding hydrogens is 428 g/mol. The van der Waals surface area contributed by atoms with E-state index in [1.807, 2.05) is 52.0 Å². The average molecular weight is 461 g/mol. The van der Waals surface area contributed by atoms with Gasteiger partial charge >= 0.3 is 0 Å². The fraction of sp³-hybridized carbons (Fsp3) is 0.435. The minimum Gasteiger partial charge on any atom is -0.370 e. The van der Waals surface area contributed by atoms with Crippen molar-refractivity contribution in [2.24, 2.45) is 0 Å². The smallest absolute Gasteiger partial charge is 0.243 e. The second kappa shape index (κ2) is 9.97. The van der Waals surface area contributed by atoms with Crippen molar-refractivity contribution in [2.75, 3.05) is 41.7 Å². The molecule has 6 nitrogen and oxygen atoms in total. The number of anilines is 3. The van der Waals surface area contributed by atoms with Crippen LogP contribution >= 0.6 is 12.2 Å². The Bertz CT molecular complexity index is 1020. The van der Waals surface area contributed by atoms with Gasteiger partial charge in [-0.15, -0.1) is 0 Å². The van der Waals surface area contributed by atoms with Gasteiger partial charge in [-0.2, -0.15) is 4.31 Å². The van der Waals surface area contributed by atoms with Crippen molar-refractivity contribution in [1.82, 2.24) is 4.31 Å². The highest BCUT2D eigenvalue weighted by molar-refractivity contribution is 7.89. The molecule has 0 unspecified atom stereocenters. The number of hydrogen-bond acceptors (Lipinski definition) is 4. The zero-order chi connectivity index (χ0) is 22.6. The van der Waals surface area contributed by atoms with Crippen LogP contribution in [0, 0.1) is 13.8 Å². The first-order chi connectivity index (χ1) is 14.8. The van der Waals surface area contributed by atoms with Crippen molar-refractivity contribution >= 4 is 44.4 Å². The molecule has 3 rings (SSSR count). The van der Waals surface area contributed by atoms with E-state index in [2.05, 4.69) is 15.5 Å². The third-order valence-electron chi connectivity index (χ3n) is 5.73. The molecule has 1 saturated heterocycles. The van der Waals surface area contributed by atoms with E-state index in [9.17, 15) is 8.42 Å². The van der Waals surface area contributed by atoms with E-state index in [0.29, 0.717) is 23.9 Å². The molecule has 2 N–H and O–H groups in total. The monoisotopic (exact) mass is 460 g/mol. The zero-order valence-electron chi connectivity index (χ0n) is 18.7. The summed E-state index contributed by atoms with van der Waals surface area (Å²) in [5, 5.41) is 7.00. The van der Waals surface area contributed by atoms with Gasteiger partial charge < -0.3 is 15.5 Å². The third-order valence-corrected chi connectivity index (χ3v) is 7.98. The number of thiocarbonyl (C=S) groups is 1. The molecule has 0 saturated carbocycles. The lowest BCUT2D eigenvalue weighted by atomic mass is 10.1. The molecule has 0 aliphatic carbocycles. The highest BCUT2D eigenvalue weighted by atomic mass is 32.2. The molecule has 0 aromatic heterocycles. The Morgan fingerprint density at radius 2 is 1.65 bits per heavy atom. The lowest BCUT2D eigenvalue weighted by molar-refractivity contribution is 0.445. The van der Waals surface area contributed by atoms with Crippen molar-refractivity contribution in [3.63, 3.8) is 0 Å². The lowest BCUT2D eigenvalue weighted by Gasteiger charge is -2.25. The van der Waals surface area contributed by atoms with Crippen molar-refractivity contribution < 1.29 is 8.42 Å². The van der Waals surface area contributed by atoms with E-state index < -0.39 is 10.0 Å². The first kappa shape index (κ1) is 23.5. The SMILES string of the molecule is CCN(CC)S(=O)(=O)c1ccc(N2CCCC2)c(NC(=S)Nc2c(C)cccc2C)c1. The maximum absolute atomic E-state index is 13.1. The van der Waals surface area contributed by atoms with Gasteiger partial charge in [0, 0.05) is 31.9 Å².